The van der Waals surface area contributed by atoms with Gasteiger partial charge in [-0.15, -0.1) is 0 Å². The lowest BCUT2D eigenvalue weighted by molar-refractivity contribution is 0.0572. The highest BCUT2D eigenvalue weighted by molar-refractivity contribution is 4.75. The summed E-state index contributed by atoms with van der Waals surface area (Å²) in [5, 5.41) is 0. The van der Waals surface area contributed by atoms with Gasteiger partial charge in [-0.25, -0.2) is 0 Å². The second kappa shape index (κ2) is 11.5. The van der Waals surface area contributed by atoms with Crippen LogP contribution in [0.5, 0.6) is 0 Å². The average molecular weight is 354 g/mol. The van der Waals surface area contributed by atoms with Gasteiger partial charge in [0.1, 0.15) is 0 Å². The van der Waals surface area contributed by atoms with Crippen molar-refractivity contribution < 1.29 is 4.74 Å². The number of piperidine rings is 1. The van der Waals surface area contributed by atoms with Crippen molar-refractivity contribution in [3.8, 4) is 0 Å². The minimum absolute atomic E-state index is 0.704. The number of unbranched alkanes of at least 4 members (excludes halogenated alkanes) is 2. The Bertz CT molecular complexity index is 300. The Kier molecular flexibility index (Phi) is 9.75. The summed E-state index contributed by atoms with van der Waals surface area (Å²) < 4.78 is 5.96. The molecule has 2 saturated heterocycles. The molecular formula is C21H43N3O. The molecule has 4 nitrogen and oxygen atoms in total. The van der Waals surface area contributed by atoms with Gasteiger partial charge in [0.2, 0.25) is 0 Å². The van der Waals surface area contributed by atoms with Crippen molar-refractivity contribution in [2.75, 3.05) is 59.0 Å². The third-order valence-electron chi connectivity index (χ3n) is 6.13. The zero-order chi connectivity index (χ0) is 18.1. The standard InChI is InChI=1S/C21H43N3O/c1-19(2)23-11-8-21(9-12-23)18-25-17-7-5-6-10-22-13-15-24(16-14-22)20(3)4/h19-21H,5-18H2,1-4H3. The van der Waals surface area contributed by atoms with Gasteiger partial charge in [0.25, 0.3) is 0 Å². The number of hydrogen-bond donors (Lipinski definition) is 0. The molecule has 0 aromatic rings. The number of ether oxygens (including phenoxy) is 1. The van der Waals surface area contributed by atoms with Crippen molar-refractivity contribution in [2.45, 2.75) is 71.9 Å². The van der Waals surface area contributed by atoms with E-state index in [9.17, 15) is 0 Å². The molecule has 0 atom stereocenters. The molecule has 2 aliphatic rings. The fraction of sp³-hybridized carbons (Fsp3) is 1.00. The molecule has 0 bridgehead atoms. The van der Waals surface area contributed by atoms with Crippen LogP contribution in [-0.4, -0.2) is 85.8 Å². The molecule has 4 heteroatoms. The van der Waals surface area contributed by atoms with Crippen molar-refractivity contribution in [1.29, 1.82) is 0 Å². The van der Waals surface area contributed by atoms with Gasteiger partial charge < -0.3 is 14.5 Å². The summed E-state index contributed by atoms with van der Waals surface area (Å²) in [4.78, 5) is 7.83. The van der Waals surface area contributed by atoms with Crippen molar-refractivity contribution in [1.82, 2.24) is 14.7 Å². The minimum atomic E-state index is 0.704. The lowest BCUT2D eigenvalue weighted by Gasteiger charge is -2.36. The first kappa shape index (κ1) is 21.1. The fourth-order valence-electron chi connectivity index (χ4n) is 4.11. The second-order valence-corrected chi connectivity index (χ2v) is 8.68. The molecule has 2 rings (SSSR count). The Hall–Kier alpha value is -0.160. The van der Waals surface area contributed by atoms with Gasteiger partial charge in [-0.05, 0) is 85.4 Å². The fourth-order valence-corrected chi connectivity index (χ4v) is 4.11. The lowest BCUT2D eigenvalue weighted by Crippen LogP contribution is -2.48. The maximum absolute atomic E-state index is 5.96. The zero-order valence-corrected chi connectivity index (χ0v) is 17.4. The van der Waals surface area contributed by atoms with Gasteiger partial charge in [0, 0.05) is 51.5 Å². The van der Waals surface area contributed by atoms with E-state index in [-0.39, 0.29) is 0 Å². The maximum atomic E-state index is 5.96. The summed E-state index contributed by atoms with van der Waals surface area (Å²) in [7, 11) is 0. The van der Waals surface area contributed by atoms with Gasteiger partial charge >= 0.3 is 0 Å². The van der Waals surface area contributed by atoms with E-state index in [1.54, 1.807) is 0 Å². The van der Waals surface area contributed by atoms with E-state index in [2.05, 4.69) is 42.4 Å². The first-order valence-corrected chi connectivity index (χ1v) is 10.8. The predicted octanol–water partition coefficient (Wildman–Crippen LogP) is 3.32. The summed E-state index contributed by atoms with van der Waals surface area (Å²) in [6.07, 6.45) is 6.52. The second-order valence-electron chi connectivity index (χ2n) is 8.68. The van der Waals surface area contributed by atoms with Crippen LogP contribution in [-0.2, 0) is 4.74 Å². The van der Waals surface area contributed by atoms with Crippen molar-refractivity contribution in [3.05, 3.63) is 0 Å². The molecule has 0 unspecified atom stereocenters. The molecule has 148 valence electrons. The van der Waals surface area contributed by atoms with Crippen LogP contribution >= 0.6 is 0 Å². The van der Waals surface area contributed by atoms with Crippen LogP contribution in [0.4, 0.5) is 0 Å². The molecule has 0 saturated carbocycles. The van der Waals surface area contributed by atoms with E-state index >= 15 is 0 Å². The van der Waals surface area contributed by atoms with Crippen molar-refractivity contribution in [2.24, 2.45) is 5.92 Å². The third-order valence-corrected chi connectivity index (χ3v) is 6.13. The van der Waals surface area contributed by atoms with Gasteiger partial charge in [0.15, 0.2) is 0 Å². The molecule has 25 heavy (non-hydrogen) atoms. The molecule has 2 aliphatic heterocycles. The van der Waals surface area contributed by atoms with Crippen molar-refractivity contribution >= 4 is 0 Å². The highest BCUT2D eigenvalue weighted by Gasteiger charge is 2.21. The molecule has 0 aliphatic carbocycles. The van der Waals surface area contributed by atoms with Crippen molar-refractivity contribution in [3.63, 3.8) is 0 Å². The Morgan fingerprint density at radius 3 is 1.96 bits per heavy atom. The lowest BCUT2D eigenvalue weighted by atomic mass is 9.97. The molecule has 0 spiro atoms. The van der Waals surface area contributed by atoms with Gasteiger partial charge in [-0.2, -0.15) is 0 Å². The summed E-state index contributed by atoms with van der Waals surface area (Å²) >= 11 is 0. The first-order valence-electron chi connectivity index (χ1n) is 10.8. The largest absolute Gasteiger partial charge is 0.381 e. The quantitative estimate of drug-likeness (QED) is 0.561. The molecule has 0 N–H and O–H groups in total. The Balaban J connectivity index is 1.39. The first-order chi connectivity index (χ1) is 12.1. The van der Waals surface area contributed by atoms with Crippen LogP contribution in [0.2, 0.25) is 0 Å². The summed E-state index contributed by atoms with van der Waals surface area (Å²) in [5.41, 5.74) is 0. The van der Waals surface area contributed by atoms with Gasteiger partial charge in [-0.1, -0.05) is 0 Å². The summed E-state index contributed by atoms with van der Waals surface area (Å²) in [5.74, 6) is 0.798. The smallest absolute Gasteiger partial charge is 0.0495 e. The highest BCUT2D eigenvalue weighted by Crippen LogP contribution is 2.19. The van der Waals surface area contributed by atoms with Gasteiger partial charge in [-0.3, -0.25) is 4.90 Å². The molecule has 0 aromatic carbocycles. The monoisotopic (exact) mass is 353 g/mol. The number of hydrogen-bond acceptors (Lipinski definition) is 4. The number of likely N-dealkylation sites (tertiary alicyclic amines) is 1. The van der Waals surface area contributed by atoms with E-state index in [4.69, 9.17) is 4.74 Å². The SMILES string of the molecule is CC(C)N1CCC(COCCCCCN2CCN(C(C)C)CC2)CC1. The Morgan fingerprint density at radius 2 is 1.36 bits per heavy atom. The van der Waals surface area contributed by atoms with Crippen LogP contribution in [0.25, 0.3) is 0 Å². The van der Waals surface area contributed by atoms with Gasteiger partial charge in [0.05, 0.1) is 0 Å². The zero-order valence-electron chi connectivity index (χ0n) is 17.4. The van der Waals surface area contributed by atoms with Crippen LogP contribution in [0, 0.1) is 5.92 Å². The molecule has 2 heterocycles. The molecule has 0 radical (unpaired) electrons. The molecular weight excluding hydrogens is 310 g/mol. The third kappa shape index (κ3) is 7.94. The van der Waals surface area contributed by atoms with E-state index < -0.39 is 0 Å². The van der Waals surface area contributed by atoms with Crippen LogP contribution in [0.3, 0.4) is 0 Å². The minimum Gasteiger partial charge on any atom is -0.381 e. The van der Waals surface area contributed by atoms with Crippen LogP contribution in [0.15, 0.2) is 0 Å². The number of piperazine rings is 1. The van der Waals surface area contributed by atoms with E-state index in [1.807, 2.05) is 0 Å². The molecule has 0 amide bonds. The van der Waals surface area contributed by atoms with E-state index in [0.717, 1.165) is 19.1 Å². The van der Waals surface area contributed by atoms with E-state index in [0.29, 0.717) is 12.1 Å². The summed E-state index contributed by atoms with van der Waals surface area (Å²) in [6.45, 7) is 20.0. The molecule has 2 fully saturated rings. The van der Waals surface area contributed by atoms with E-state index in [1.165, 1.54) is 77.9 Å². The van der Waals surface area contributed by atoms with Crippen LogP contribution in [0.1, 0.15) is 59.8 Å². The normalized spacial score (nSPS) is 22.3. The highest BCUT2D eigenvalue weighted by atomic mass is 16.5. The maximum Gasteiger partial charge on any atom is 0.0495 e. The average Bonchev–Trinajstić information content (AvgIpc) is 2.61. The van der Waals surface area contributed by atoms with Crippen LogP contribution < -0.4 is 0 Å². The summed E-state index contributed by atoms with van der Waals surface area (Å²) in [6, 6.07) is 1.41. The molecule has 0 aromatic heterocycles. The number of nitrogens with zero attached hydrogens (tertiary/aromatic N) is 3. The Morgan fingerprint density at radius 1 is 0.760 bits per heavy atom. The topological polar surface area (TPSA) is 19.0 Å². The number of rotatable bonds is 10. The predicted molar refractivity (Wildman–Crippen MR) is 107 cm³/mol. The Labute approximate surface area is 156 Å².